The van der Waals surface area contributed by atoms with Crippen LogP contribution < -0.4 is 15.2 Å². The average molecular weight is 466 g/mol. The third-order valence-electron chi connectivity index (χ3n) is 4.66. The lowest BCUT2D eigenvalue weighted by atomic mass is 9.97. The van der Waals surface area contributed by atoms with E-state index < -0.39 is 47.5 Å². The Kier molecular flexibility index (Phi) is 10.5. The molecule has 0 saturated heterocycles. The van der Waals surface area contributed by atoms with Gasteiger partial charge in [0, 0.05) is 12.8 Å². The first-order valence-corrected chi connectivity index (χ1v) is 11.0. The predicted octanol–water partition coefficient (Wildman–Crippen LogP) is 3.10. The number of nitrogens with two attached hydrogens (primary N) is 1. The maximum atomic E-state index is 12.5. The third-order valence-corrected chi connectivity index (χ3v) is 4.66. The van der Waals surface area contributed by atoms with E-state index in [2.05, 4.69) is 0 Å². The molecule has 0 bridgehead atoms. The lowest BCUT2D eigenvalue weighted by Gasteiger charge is -2.25. The van der Waals surface area contributed by atoms with Crippen molar-refractivity contribution in [2.75, 3.05) is 0 Å². The van der Waals surface area contributed by atoms with Crippen LogP contribution in [-0.2, 0) is 35.1 Å². The molecule has 0 fully saturated rings. The Hall–Kier alpha value is -2.94. The molecule has 33 heavy (non-hydrogen) atoms. The van der Waals surface area contributed by atoms with Gasteiger partial charge in [-0.15, -0.1) is 0 Å². The van der Waals surface area contributed by atoms with E-state index in [1.165, 1.54) is 12.1 Å². The highest BCUT2D eigenvalue weighted by Gasteiger charge is 2.29. The van der Waals surface area contributed by atoms with Crippen LogP contribution in [0.2, 0.25) is 0 Å². The highest BCUT2D eigenvalue weighted by molar-refractivity contribution is 5.78. The Labute approximate surface area is 194 Å². The number of hydrogen-bond acceptors (Lipinski definition) is 9. The van der Waals surface area contributed by atoms with Gasteiger partial charge < -0.3 is 24.7 Å². The summed E-state index contributed by atoms with van der Waals surface area (Å²) in [6, 6.07) is 3.58. The van der Waals surface area contributed by atoms with Crippen LogP contribution in [0.3, 0.4) is 0 Å². The van der Waals surface area contributed by atoms with Gasteiger partial charge in [-0.05, 0) is 58.7 Å². The summed E-state index contributed by atoms with van der Waals surface area (Å²) in [5.74, 6) is -1.89. The van der Waals surface area contributed by atoms with E-state index >= 15 is 0 Å². The SMILES string of the molecule is CCC(=O)Oc1ccc(C[C@H](N)C(=O)O[C@@H](C)[C@H](C)OC(=O)C(C)(C)C)cc1OC(=O)CC. The second kappa shape index (κ2) is 12.3. The van der Waals surface area contributed by atoms with Gasteiger partial charge in [0.1, 0.15) is 18.2 Å². The quantitative estimate of drug-likeness (QED) is 0.409. The summed E-state index contributed by atoms with van der Waals surface area (Å²) in [5, 5.41) is 0. The first kappa shape index (κ1) is 28.1. The van der Waals surface area contributed by atoms with Gasteiger partial charge in [0.15, 0.2) is 11.5 Å². The van der Waals surface area contributed by atoms with Crippen molar-refractivity contribution in [3.63, 3.8) is 0 Å². The zero-order valence-corrected chi connectivity index (χ0v) is 20.4. The minimum atomic E-state index is -1.02. The largest absolute Gasteiger partial charge is 0.458 e. The summed E-state index contributed by atoms with van der Waals surface area (Å²) >= 11 is 0. The fraction of sp³-hybridized carbons (Fsp3) is 0.583. The lowest BCUT2D eigenvalue weighted by Crippen LogP contribution is -2.40. The van der Waals surface area contributed by atoms with Gasteiger partial charge >= 0.3 is 23.9 Å². The number of carbonyl (C=O) groups excluding carboxylic acids is 4. The van der Waals surface area contributed by atoms with Gasteiger partial charge in [-0.1, -0.05) is 19.9 Å². The monoisotopic (exact) mass is 465 g/mol. The molecule has 0 saturated carbocycles. The number of esters is 4. The van der Waals surface area contributed by atoms with Crippen molar-refractivity contribution < 1.29 is 38.1 Å². The summed E-state index contributed by atoms with van der Waals surface area (Å²) < 4.78 is 21.2. The smallest absolute Gasteiger partial charge is 0.323 e. The fourth-order valence-electron chi connectivity index (χ4n) is 2.38. The zero-order chi connectivity index (χ0) is 25.3. The Morgan fingerprint density at radius 1 is 0.879 bits per heavy atom. The number of hydrogen-bond donors (Lipinski definition) is 1. The average Bonchev–Trinajstić information content (AvgIpc) is 2.74. The molecule has 0 radical (unpaired) electrons. The van der Waals surface area contributed by atoms with Crippen LogP contribution in [0.5, 0.6) is 11.5 Å². The van der Waals surface area contributed by atoms with E-state index in [4.69, 9.17) is 24.7 Å². The first-order valence-electron chi connectivity index (χ1n) is 11.0. The molecule has 0 unspecified atom stereocenters. The molecule has 0 aliphatic rings. The minimum absolute atomic E-state index is 0.0674. The highest BCUT2D eigenvalue weighted by atomic mass is 16.6. The summed E-state index contributed by atoms with van der Waals surface area (Å²) in [4.78, 5) is 47.9. The molecule has 3 atom stereocenters. The Bertz CT molecular complexity index is 859. The van der Waals surface area contributed by atoms with Crippen molar-refractivity contribution in [1.82, 2.24) is 0 Å². The number of rotatable bonds is 10. The minimum Gasteiger partial charge on any atom is -0.458 e. The number of carbonyl (C=O) groups is 4. The van der Waals surface area contributed by atoms with E-state index in [0.29, 0.717) is 5.56 Å². The molecule has 2 N–H and O–H groups in total. The van der Waals surface area contributed by atoms with Crippen molar-refractivity contribution in [3.05, 3.63) is 23.8 Å². The van der Waals surface area contributed by atoms with Gasteiger partial charge in [-0.2, -0.15) is 0 Å². The van der Waals surface area contributed by atoms with E-state index in [-0.39, 0.29) is 30.8 Å². The fourth-order valence-corrected chi connectivity index (χ4v) is 2.38. The van der Waals surface area contributed by atoms with E-state index in [1.807, 2.05) is 0 Å². The van der Waals surface area contributed by atoms with E-state index in [9.17, 15) is 19.2 Å². The molecule has 0 aliphatic carbocycles. The lowest BCUT2D eigenvalue weighted by molar-refractivity contribution is -0.171. The summed E-state index contributed by atoms with van der Waals surface area (Å²) in [6.07, 6.45) is -0.985. The van der Waals surface area contributed by atoms with Crippen LogP contribution in [0.15, 0.2) is 18.2 Å². The van der Waals surface area contributed by atoms with Crippen LogP contribution >= 0.6 is 0 Å². The maximum Gasteiger partial charge on any atom is 0.323 e. The van der Waals surface area contributed by atoms with Crippen molar-refractivity contribution >= 4 is 23.9 Å². The molecule has 1 aromatic carbocycles. The molecule has 1 aromatic rings. The third kappa shape index (κ3) is 9.21. The van der Waals surface area contributed by atoms with Crippen molar-refractivity contribution in [3.8, 4) is 11.5 Å². The standard InChI is InChI=1S/C24H35NO8/c1-8-20(26)32-18-11-10-16(13-19(18)33-21(27)9-2)12-17(25)22(28)30-14(3)15(4)31-23(29)24(5,6)7/h10-11,13-15,17H,8-9,12,25H2,1-7H3/t14-,15-,17-/m0/s1. The molecule has 184 valence electrons. The molecule has 0 heterocycles. The van der Waals surface area contributed by atoms with Crippen molar-refractivity contribution in [2.24, 2.45) is 11.1 Å². The van der Waals surface area contributed by atoms with Crippen molar-refractivity contribution in [1.29, 1.82) is 0 Å². The summed E-state index contributed by atoms with van der Waals surface area (Å²) in [5.41, 5.74) is 5.91. The molecule has 0 aromatic heterocycles. The first-order chi connectivity index (χ1) is 15.3. The molecule has 0 aliphatic heterocycles. The molecule has 1 rings (SSSR count). The summed E-state index contributed by atoms with van der Waals surface area (Å²) in [7, 11) is 0. The van der Waals surface area contributed by atoms with Crippen LogP contribution in [0, 0.1) is 5.41 Å². The van der Waals surface area contributed by atoms with Gasteiger partial charge in [0.05, 0.1) is 5.41 Å². The van der Waals surface area contributed by atoms with E-state index in [1.54, 1.807) is 54.5 Å². The van der Waals surface area contributed by atoms with Gasteiger partial charge in [-0.3, -0.25) is 19.2 Å². The van der Waals surface area contributed by atoms with Gasteiger partial charge in [-0.25, -0.2) is 0 Å². The molecular weight excluding hydrogens is 430 g/mol. The van der Waals surface area contributed by atoms with Gasteiger partial charge in [0.25, 0.3) is 0 Å². The maximum absolute atomic E-state index is 12.5. The number of benzene rings is 1. The second-order valence-corrected chi connectivity index (χ2v) is 8.75. The van der Waals surface area contributed by atoms with Crippen LogP contribution in [0.25, 0.3) is 0 Å². The number of ether oxygens (including phenoxy) is 4. The highest BCUT2D eigenvalue weighted by Crippen LogP contribution is 2.30. The molecule has 9 nitrogen and oxygen atoms in total. The van der Waals surface area contributed by atoms with Crippen LogP contribution in [0.1, 0.15) is 66.9 Å². The Balaban J connectivity index is 2.85. The van der Waals surface area contributed by atoms with Crippen LogP contribution in [0.4, 0.5) is 0 Å². The van der Waals surface area contributed by atoms with E-state index in [0.717, 1.165) is 0 Å². The molecule has 9 heteroatoms. The van der Waals surface area contributed by atoms with Gasteiger partial charge in [0.2, 0.25) is 0 Å². The molecular formula is C24H35NO8. The summed E-state index contributed by atoms with van der Waals surface area (Å²) in [6.45, 7) is 11.7. The molecule has 0 amide bonds. The topological polar surface area (TPSA) is 131 Å². The Morgan fingerprint density at radius 3 is 1.91 bits per heavy atom. The molecule has 0 spiro atoms. The predicted molar refractivity (Wildman–Crippen MR) is 121 cm³/mol. The normalized spacial score (nSPS) is 13.9. The Morgan fingerprint density at radius 2 is 1.39 bits per heavy atom. The second-order valence-electron chi connectivity index (χ2n) is 8.75. The van der Waals surface area contributed by atoms with Crippen molar-refractivity contribution in [2.45, 2.75) is 86.0 Å². The van der Waals surface area contributed by atoms with Crippen LogP contribution in [-0.4, -0.2) is 42.1 Å². The zero-order valence-electron chi connectivity index (χ0n) is 20.4.